The van der Waals surface area contributed by atoms with Crippen molar-refractivity contribution < 1.29 is 18.0 Å². The van der Waals surface area contributed by atoms with Crippen molar-refractivity contribution in [3.8, 4) is 0 Å². The van der Waals surface area contributed by atoms with E-state index in [1.807, 2.05) is 57.2 Å². The van der Waals surface area contributed by atoms with Crippen LogP contribution in [0.2, 0.25) is 0 Å². The summed E-state index contributed by atoms with van der Waals surface area (Å²) in [6, 6.07) is 14.5. The van der Waals surface area contributed by atoms with Crippen molar-refractivity contribution in [1.29, 1.82) is 0 Å². The average Bonchev–Trinajstić information content (AvgIpc) is 2.88. The van der Waals surface area contributed by atoms with E-state index in [-0.39, 0.29) is 25.0 Å². The Bertz CT molecular complexity index is 1160. The molecule has 1 atom stereocenters. The van der Waals surface area contributed by atoms with Crippen molar-refractivity contribution in [3.05, 3.63) is 65.2 Å². The van der Waals surface area contributed by atoms with E-state index in [2.05, 4.69) is 5.32 Å². The van der Waals surface area contributed by atoms with Gasteiger partial charge >= 0.3 is 0 Å². The van der Waals surface area contributed by atoms with Crippen molar-refractivity contribution in [2.75, 3.05) is 17.1 Å². The van der Waals surface area contributed by atoms with Gasteiger partial charge in [-0.25, -0.2) is 8.42 Å². The molecule has 0 radical (unpaired) electrons. The molecule has 1 N–H and O–H groups in total. The molecule has 2 aromatic rings. The first-order chi connectivity index (χ1) is 17.6. The molecule has 0 saturated heterocycles. The predicted octanol–water partition coefficient (Wildman–Crippen LogP) is 4.58. The maximum Gasteiger partial charge on any atom is 0.244 e. The fourth-order valence-corrected chi connectivity index (χ4v) is 5.88. The van der Waals surface area contributed by atoms with Crippen molar-refractivity contribution in [3.63, 3.8) is 0 Å². The molecule has 1 fully saturated rings. The van der Waals surface area contributed by atoms with E-state index in [1.54, 1.807) is 17.0 Å². The number of anilines is 1. The third kappa shape index (κ3) is 7.81. The van der Waals surface area contributed by atoms with Crippen LogP contribution in [0, 0.1) is 6.92 Å². The quantitative estimate of drug-likeness (QED) is 0.463. The molecule has 2 amide bonds. The number of nitrogens with zero attached hydrogens (tertiary/aromatic N) is 2. The summed E-state index contributed by atoms with van der Waals surface area (Å²) >= 11 is 0. The Morgan fingerprint density at radius 2 is 1.65 bits per heavy atom. The number of rotatable bonds is 11. The summed E-state index contributed by atoms with van der Waals surface area (Å²) < 4.78 is 26.9. The second-order valence-electron chi connectivity index (χ2n) is 10.0. The molecule has 1 unspecified atom stereocenters. The van der Waals surface area contributed by atoms with E-state index in [0.29, 0.717) is 18.5 Å². The van der Waals surface area contributed by atoms with E-state index in [4.69, 9.17) is 0 Å². The number of aryl methyl sites for hydroxylation is 2. The lowest BCUT2D eigenvalue weighted by atomic mass is 9.95. The normalized spacial score (nSPS) is 15.1. The molecule has 1 aliphatic carbocycles. The number of amides is 2. The lowest BCUT2D eigenvalue weighted by Gasteiger charge is -2.34. The molecule has 1 aliphatic rings. The number of para-hydroxylation sites is 1. The van der Waals surface area contributed by atoms with Crippen LogP contribution in [0.15, 0.2) is 48.5 Å². The third-order valence-corrected chi connectivity index (χ3v) is 8.26. The number of carbonyl (C=O) groups excluding carboxylic acids is 2. The van der Waals surface area contributed by atoms with E-state index in [0.717, 1.165) is 48.6 Å². The lowest BCUT2D eigenvalue weighted by Crippen LogP contribution is -2.54. The van der Waals surface area contributed by atoms with Crippen LogP contribution in [0.25, 0.3) is 0 Å². The molecular formula is C29H41N3O4S. The van der Waals surface area contributed by atoms with Gasteiger partial charge in [0, 0.05) is 12.6 Å². The monoisotopic (exact) mass is 527 g/mol. The van der Waals surface area contributed by atoms with Gasteiger partial charge < -0.3 is 10.2 Å². The van der Waals surface area contributed by atoms with Gasteiger partial charge in [-0.15, -0.1) is 0 Å². The maximum atomic E-state index is 13.9. The van der Waals surface area contributed by atoms with Gasteiger partial charge in [-0.05, 0) is 49.8 Å². The second-order valence-corrected chi connectivity index (χ2v) is 11.9. The van der Waals surface area contributed by atoms with Crippen LogP contribution in [0.5, 0.6) is 0 Å². The summed E-state index contributed by atoms with van der Waals surface area (Å²) in [4.78, 5) is 28.9. The van der Waals surface area contributed by atoms with Crippen molar-refractivity contribution in [2.24, 2.45) is 0 Å². The zero-order valence-electron chi connectivity index (χ0n) is 22.6. The number of benzene rings is 2. The van der Waals surface area contributed by atoms with Gasteiger partial charge in [-0.3, -0.25) is 13.9 Å². The Labute approximate surface area is 222 Å². The highest BCUT2D eigenvalue weighted by atomic mass is 32.2. The fourth-order valence-electron chi connectivity index (χ4n) is 5.00. The first-order valence-electron chi connectivity index (χ1n) is 13.3. The molecule has 3 rings (SSSR count). The van der Waals surface area contributed by atoms with Gasteiger partial charge in [0.05, 0.1) is 11.9 Å². The molecule has 0 aromatic heterocycles. The van der Waals surface area contributed by atoms with Crippen LogP contribution in [0.1, 0.15) is 69.1 Å². The van der Waals surface area contributed by atoms with Crippen LogP contribution in [0.4, 0.5) is 5.69 Å². The minimum absolute atomic E-state index is 0.121. The highest BCUT2D eigenvalue weighted by molar-refractivity contribution is 7.92. The molecule has 0 heterocycles. The smallest absolute Gasteiger partial charge is 0.244 e. The molecule has 2 aromatic carbocycles. The van der Waals surface area contributed by atoms with E-state index >= 15 is 0 Å². The Morgan fingerprint density at radius 1 is 1.00 bits per heavy atom. The van der Waals surface area contributed by atoms with E-state index in [9.17, 15) is 18.0 Å². The molecule has 37 heavy (non-hydrogen) atoms. The van der Waals surface area contributed by atoms with Gasteiger partial charge in [0.15, 0.2) is 0 Å². The largest absolute Gasteiger partial charge is 0.352 e. The number of nitrogens with one attached hydrogen (secondary N) is 1. The minimum atomic E-state index is -3.75. The minimum Gasteiger partial charge on any atom is -0.352 e. The Kier molecular flexibility index (Phi) is 10.1. The Morgan fingerprint density at radius 3 is 2.24 bits per heavy atom. The summed E-state index contributed by atoms with van der Waals surface area (Å²) in [7, 11) is -3.75. The summed E-state index contributed by atoms with van der Waals surface area (Å²) in [6.07, 6.45) is 7.44. The summed E-state index contributed by atoms with van der Waals surface area (Å²) in [6.45, 7) is 5.70. The third-order valence-electron chi connectivity index (χ3n) is 7.13. The highest BCUT2D eigenvalue weighted by Gasteiger charge is 2.33. The Hall–Kier alpha value is -2.87. The van der Waals surface area contributed by atoms with E-state index in [1.165, 1.54) is 10.7 Å². The van der Waals surface area contributed by atoms with Crippen molar-refractivity contribution in [1.82, 2.24) is 10.2 Å². The van der Waals surface area contributed by atoms with Gasteiger partial charge in [-0.1, -0.05) is 81.1 Å². The summed E-state index contributed by atoms with van der Waals surface area (Å²) in [5, 5.41) is 3.17. The first kappa shape index (κ1) is 28.7. The molecular weight excluding hydrogens is 486 g/mol. The first-order valence-corrected chi connectivity index (χ1v) is 15.2. The zero-order valence-corrected chi connectivity index (χ0v) is 23.4. The highest BCUT2D eigenvalue weighted by Crippen LogP contribution is 2.25. The van der Waals surface area contributed by atoms with Gasteiger partial charge in [0.2, 0.25) is 21.8 Å². The number of hydrogen-bond acceptors (Lipinski definition) is 4. The maximum absolute atomic E-state index is 13.9. The Balaban J connectivity index is 1.93. The van der Waals surface area contributed by atoms with Crippen LogP contribution >= 0.6 is 0 Å². The summed E-state index contributed by atoms with van der Waals surface area (Å²) in [5.41, 5.74) is 3.33. The number of carbonyl (C=O) groups is 2. The fraction of sp³-hybridized carbons (Fsp3) is 0.517. The second kappa shape index (κ2) is 13.1. The lowest BCUT2D eigenvalue weighted by molar-refractivity contribution is -0.140. The van der Waals surface area contributed by atoms with Crippen LogP contribution in [0.3, 0.4) is 0 Å². The molecule has 1 saturated carbocycles. The summed E-state index contributed by atoms with van der Waals surface area (Å²) in [5.74, 6) is -0.572. The zero-order chi connectivity index (χ0) is 27.0. The van der Waals surface area contributed by atoms with Crippen molar-refractivity contribution in [2.45, 2.75) is 84.3 Å². The molecule has 7 nitrogen and oxygen atoms in total. The predicted molar refractivity (Wildman–Crippen MR) is 149 cm³/mol. The van der Waals surface area contributed by atoms with Crippen LogP contribution in [-0.2, 0) is 32.6 Å². The van der Waals surface area contributed by atoms with Crippen LogP contribution < -0.4 is 9.62 Å². The van der Waals surface area contributed by atoms with Gasteiger partial charge in [0.25, 0.3) is 0 Å². The SMILES string of the molecule is CCc1ccccc1N(CC(=O)N(Cc1ccc(C)cc1)C(CC)C(=O)NC1CCCCC1)S(C)(=O)=O. The standard InChI is InChI=1S/C29H41N3O4S/c1-5-24-12-10-11-15-27(24)32(37(4,35)36)21-28(33)31(20-23-18-16-22(3)17-19-23)26(6-2)29(34)30-25-13-8-7-9-14-25/h10-12,15-19,25-26H,5-9,13-14,20-21H2,1-4H3,(H,30,34). The number of sulfonamides is 1. The molecule has 0 aliphatic heterocycles. The van der Waals surface area contributed by atoms with Gasteiger partial charge in [-0.2, -0.15) is 0 Å². The van der Waals surface area contributed by atoms with Crippen molar-refractivity contribution >= 4 is 27.5 Å². The average molecular weight is 528 g/mol. The number of hydrogen-bond donors (Lipinski definition) is 1. The molecule has 202 valence electrons. The topological polar surface area (TPSA) is 86.8 Å². The van der Waals surface area contributed by atoms with Crippen LogP contribution in [-0.4, -0.2) is 50.0 Å². The molecule has 8 heteroatoms. The molecule has 0 spiro atoms. The van der Waals surface area contributed by atoms with Gasteiger partial charge in [0.1, 0.15) is 12.6 Å². The van der Waals surface area contributed by atoms with E-state index < -0.39 is 22.0 Å². The molecule has 0 bridgehead atoms.